The third kappa shape index (κ3) is 2.55. The Morgan fingerprint density at radius 1 is 1.36 bits per heavy atom. The van der Waals surface area contributed by atoms with Gasteiger partial charge in [0.15, 0.2) is 4.77 Å². The first kappa shape index (κ1) is 8.62. The van der Waals surface area contributed by atoms with Crippen molar-refractivity contribution in [2.75, 3.05) is 0 Å². The van der Waals surface area contributed by atoms with E-state index in [0.717, 1.165) is 18.5 Å². The van der Waals surface area contributed by atoms with Gasteiger partial charge in [0.2, 0.25) is 0 Å². The lowest BCUT2D eigenvalue weighted by molar-refractivity contribution is 0.865. The lowest BCUT2D eigenvalue weighted by Crippen LogP contribution is -1.91. The van der Waals surface area contributed by atoms with Gasteiger partial charge in [-0.2, -0.15) is 0 Å². The Hall–Kier alpha value is -0.480. The molecule has 0 radical (unpaired) electrons. The van der Waals surface area contributed by atoms with Gasteiger partial charge in [0, 0.05) is 5.69 Å². The summed E-state index contributed by atoms with van der Waals surface area (Å²) in [6, 6.07) is 1.91. The molecule has 0 amide bonds. The van der Waals surface area contributed by atoms with Crippen molar-refractivity contribution in [1.29, 1.82) is 0 Å². The number of aromatic nitrogens is 2. The second kappa shape index (κ2) is 3.78. The predicted molar refractivity (Wildman–Crippen MR) is 50.8 cm³/mol. The molecule has 60 valence electrons. The summed E-state index contributed by atoms with van der Waals surface area (Å²) in [4.78, 5) is 5.88. The lowest BCUT2D eigenvalue weighted by Gasteiger charge is -1.97. The van der Waals surface area contributed by atoms with E-state index in [1.165, 1.54) is 0 Å². The molecule has 4 heteroatoms. The first-order chi connectivity index (χ1) is 5.22. The number of hydrogen-bond acceptors (Lipinski definition) is 2. The molecule has 0 unspecified atom stereocenters. The molecular weight excluding hydrogens is 176 g/mol. The number of aryl methyl sites for hydroxylation is 1. The van der Waals surface area contributed by atoms with Crippen LogP contribution in [0, 0.1) is 9.41 Å². The average Bonchev–Trinajstić information content (AvgIpc) is 1.85. The molecule has 0 saturated heterocycles. The van der Waals surface area contributed by atoms with Crippen LogP contribution in [0.3, 0.4) is 0 Å². The van der Waals surface area contributed by atoms with Crippen LogP contribution in [0.15, 0.2) is 6.07 Å². The average molecular weight is 186 g/mol. The van der Waals surface area contributed by atoms with E-state index >= 15 is 0 Å². The first-order valence-corrected chi connectivity index (χ1v) is 4.36. The second-order valence-corrected chi connectivity index (χ2v) is 3.21. The Morgan fingerprint density at radius 3 is 2.64 bits per heavy atom. The van der Waals surface area contributed by atoms with Crippen molar-refractivity contribution in [2.45, 2.75) is 19.8 Å². The smallest absolute Gasteiger partial charge is 0.175 e. The van der Waals surface area contributed by atoms with E-state index in [2.05, 4.69) is 16.9 Å². The molecule has 0 saturated carbocycles. The molecule has 11 heavy (non-hydrogen) atoms. The van der Waals surface area contributed by atoms with Gasteiger partial charge in [0.1, 0.15) is 4.64 Å². The SMILES string of the molecule is CCCc1cc(=S)[nH]c(=S)[nH]1. The maximum Gasteiger partial charge on any atom is 0.175 e. The Kier molecular flexibility index (Phi) is 2.96. The van der Waals surface area contributed by atoms with Crippen molar-refractivity contribution in [3.05, 3.63) is 21.2 Å². The fourth-order valence-electron chi connectivity index (χ4n) is 0.923. The highest BCUT2D eigenvalue weighted by atomic mass is 32.1. The molecule has 0 aliphatic rings. The molecule has 0 fully saturated rings. The highest BCUT2D eigenvalue weighted by Gasteiger charge is 1.89. The van der Waals surface area contributed by atoms with Crippen LogP contribution in [-0.4, -0.2) is 9.97 Å². The van der Waals surface area contributed by atoms with E-state index in [-0.39, 0.29) is 0 Å². The van der Waals surface area contributed by atoms with Crippen LogP contribution < -0.4 is 0 Å². The molecule has 0 aromatic carbocycles. The van der Waals surface area contributed by atoms with Crippen molar-refractivity contribution >= 4 is 24.4 Å². The standard InChI is InChI=1S/C7H10N2S2/c1-2-3-5-4-6(10)9-7(11)8-5/h4H,2-3H2,1H3,(H2,8,9,10,11). The maximum atomic E-state index is 4.96. The van der Waals surface area contributed by atoms with Gasteiger partial charge in [0.05, 0.1) is 0 Å². The summed E-state index contributed by atoms with van der Waals surface area (Å²) >= 11 is 9.88. The molecule has 2 nitrogen and oxygen atoms in total. The number of nitrogens with one attached hydrogen (secondary N) is 2. The molecule has 1 aromatic heterocycles. The number of aromatic amines is 2. The Balaban J connectivity index is 3.09. The monoisotopic (exact) mass is 186 g/mol. The molecule has 2 N–H and O–H groups in total. The van der Waals surface area contributed by atoms with Crippen molar-refractivity contribution < 1.29 is 0 Å². The van der Waals surface area contributed by atoms with Gasteiger partial charge in [0.25, 0.3) is 0 Å². The van der Waals surface area contributed by atoms with Crippen LogP contribution >= 0.6 is 24.4 Å². The summed E-state index contributed by atoms with van der Waals surface area (Å²) in [5, 5.41) is 0. The van der Waals surface area contributed by atoms with Crippen LogP contribution in [0.25, 0.3) is 0 Å². The summed E-state index contributed by atoms with van der Waals surface area (Å²) in [7, 11) is 0. The van der Waals surface area contributed by atoms with Crippen LogP contribution in [0.4, 0.5) is 0 Å². The van der Waals surface area contributed by atoms with Crippen LogP contribution in [0.2, 0.25) is 0 Å². The van der Waals surface area contributed by atoms with Crippen molar-refractivity contribution in [3.63, 3.8) is 0 Å². The van der Waals surface area contributed by atoms with Gasteiger partial charge in [-0.25, -0.2) is 0 Å². The molecule has 0 spiro atoms. The minimum absolute atomic E-state index is 0.612. The van der Waals surface area contributed by atoms with Gasteiger partial charge in [-0.1, -0.05) is 25.6 Å². The molecule has 1 heterocycles. The zero-order chi connectivity index (χ0) is 8.27. The number of hydrogen-bond donors (Lipinski definition) is 2. The minimum Gasteiger partial charge on any atom is -0.336 e. The van der Waals surface area contributed by atoms with Gasteiger partial charge >= 0.3 is 0 Å². The molecule has 0 aliphatic heterocycles. The third-order valence-corrected chi connectivity index (χ3v) is 1.76. The highest BCUT2D eigenvalue weighted by molar-refractivity contribution is 7.72. The topological polar surface area (TPSA) is 31.6 Å². The fourth-order valence-corrected chi connectivity index (χ4v) is 1.47. The largest absolute Gasteiger partial charge is 0.336 e. The van der Waals surface area contributed by atoms with Crippen LogP contribution in [0.5, 0.6) is 0 Å². The molecule has 0 bridgehead atoms. The first-order valence-electron chi connectivity index (χ1n) is 3.55. The Bertz CT molecular complexity index is 309. The Labute approximate surface area is 75.7 Å². The van der Waals surface area contributed by atoms with E-state index in [0.29, 0.717) is 9.41 Å². The van der Waals surface area contributed by atoms with Crippen molar-refractivity contribution in [3.8, 4) is 0 Å². The summed E-state index contributed by atoms with van der Waals surface area (Å²) in [6.45, 7) is 2.12. The van der Waals surface area contributed by atoms with Crippen LogP contribution in [0.1, 0.15) is 19.0 Å². The minimum atomic E-state index is 0.612. The van der Waals surface area contributed by atoms with E-state index < -0.39 is 0 Å². The molecule has 0 atom stereocenters. The van der Waals surface area contributed by atoms with Crippen molar-refractivity contribution in [2.24, 2.45) is 0 Å². The zero-order valence-electron chi connectivity index (χ0n) is 6.31. The molecule has 1 rings (SSSR count). The molecule has 0 aliphatic carbocycles. The second-order valence-electron chi connectivity index (χ2n) is 2.36. The predicted octanol–water partition coefficient (Wildman–Crippen LogP) is 2.75. The number of rotatable bonds is 2. The summed E-state index contributed by atoms with van der Waals surface area (Å²) in [5.74, 6) is 0. The highest BCUT2D eigenvalue weighted by Crippen LogP contribution is 1.98. The summed E-state index contributed by atoms with van der Waals surface area (Å²) in [6.07, 6.45) is 2.10. The molecule has 1 aromatic rings. The quantitative estimate of drug-likeness (QED) is 0.696. The summed E-state index contributed by atoms with van der Waals surface area (Å²) < 4.78 is 1.32. The van der Waals surface area contributed by atoms with Crippen molar-refractivity contribution in [1.82, 2.24) is 9.97 Å². The zero-order valence-corrected chi connectivity index (χ0v) is 7.94. The Morgan fingerprint density at radius 2 is 2.09 bits per heavy atom. The maximum absolute atomic E-state index is 4.96. The summed E-state index contributed by atoms with van der Waals surface area (Å²) in [5.41, 5.74) is 1.11. The third-order valence-electron chi connectivity index (χ3n) is 1.34. The van der Waals surface area contributed by atoms with Crippen LogP contribution in [-0.2, 0) is 6.42 Å². The number of H-pyrrole nitrogens is 2. The van der Waals surface area contributed by atoms with Gasteiger partial charge in [-0.3, -0.25) is 0 Å². The van der Waals surface area contributed by atoms with E-state index in [9.17, 15) is 0 Å². The lowest BCUT2D eigenvalue weighted by atomic mass is 10.2. The van der Waals surface area contributed by atoms with Gasteiger partial charge in [-0.05, 0) is 24.7 Å². The van der Waals surface area contributed by atoms with Gasteiger partial charge < -0.3 is 9.97 Å². The van der Waals surface area contributed by atoms with E-state index in [4.69, 9.17) is 24.4 Å². The van der Waals surface area contributed by atoms with E-state index in [1.54, 1.807) is 0 Å². The fraction of sp³-hybridized carbons (Fsp3) is 0.429. The van der Waals surface area contributed by atoms with Gasteiger partial charge in [-0.15, -0.1) is 0 Å². The van der Waals surface area contributed by atoms with E-state index in [1.807, 2.05) is 6.07 Å². The normalized spacial score (nSPS) is 9.91. The molecular formula is C7H10N2S2.